The van der Waals surface area contributed by atoms with Crippen LogP contribution in [-0.4, -0.2) is 26.2 Å². The van der Waals surface area contributed by atoms with Gasteiger partial charge in [0.25, 0.3) is 0 Å². The van der Waals surface area contributed by atoms with E-state index >= 15 is 0 Å². The Kier molecular flexibility index (Phi) is 10.3. The highest BCUT2D eigenvalue weighted by Gasteiger charge is 2.16. The van der Waals surface area contributed by atoms with E-state index in [-0.39, 0.29) is 0 Å². The van der Waals surface area contributed by atoms with Crippen LogP contribution in [0.15, 0.2) is 0 Å². The molecule has 0 aliphatic carbocycles. The minimum Gasteiger partial charge on any atom is -0.304 e. The Morgan fingerprint density at radius 3 is 1.42 bits per heavy atom. The molecular formula is C8H18O3S. The molecule has 0 bridgehead atoms. The molecular weight excluding hydrogens is 176 g/mol. The van der Waals surface area contributed by atoms with Gasteiger partial charge in [-0.05, 0) is 19.8 Å². The fourth-order valence-electron chi connectivity index (χ4n) is 0.746. The Hall–Kier alpha value is -0.380. The van der Waals surface area contributed by atoms with Crippen LogP contribution in [0.25, 0.3) is 0 Å². The van der Waals surface area contributed by atoms with E-state index in [1.54, 1.807) is 0 Å². The topological polar surface area (TPSA) is 51.2 Å². The summed E-state index contributed by atoms with van der Waals surface area (Å²) in [4.78, 5) is 8.81. The largest absolute Gasteiger partial charge is 0.304 e. The monoisotopic (exact) mass is 194 g/mol. The van der Waals surface area contributed by atoms with Gasteiger partial charge in [0.05, 0.1) is 11.5 Å². The predicted molar refractivity (Wildman–Crippen MR) is 51.0 cm³/mol. The van der Waals surface area contributed by atoms with Gasteiger partial charge in [-0.1, -0.05) is 13.8 Å². The van der Waals surface area contributed by atoms with Crippen LogP contribution < -0.4 is 0 Å². The number of aldehydes is 1. The van der Waals surface area contributed by atoms with Gasteiger partial charge in [0, 0.05) is 0 Å². The summed E-state index contributed by atoms with van der Waals surface area (Å²) in [5, 5.41) is 0. The minimum absolute atomic E-state index is 0.424. The molecule has 0 saturated carbocycles. The summed E-state index contributed by atoms with van der Waals surface area (Å²) in [5.74, 6) is 0.847. The van der Waals surface area contributed by atoms with E-state index in [1.165, 1.54) is 6.92 Å². The van der Waals surface area contributed by atoms with Crippen molar-refractivity contribution < 1.29 is 13.2 Å². The van der Waals surface area contributed by atoms with Crippen LogP contribution in [0.4, 0.5) is 0 Å². The first kappa shape index (κ1) is 14.2. The van der Waals surface area contributed by atoms with Crippen molar-refractivity contribution in [2.45, 2.75) is 33.6 Å². The summed E-state index contributed by atoms with van der Waals surface area (Å²) in [6.07, 6.45) is 2.50. The van der Waals surface area contributed by atoms with Crippen molar-refractivity contribution in [3.63, 3.8) is 0 Å². The Balaban J connectivity index is 0. The Bertz CT molecular complexity index is 170. The lowest BCUT2D eigenvalue weighted by Crippen LogP contribution is -1.98. The number of hydrogen-bond donors (Lipinski definition) is 0. The van der Waals surface area contributed by atoms with E-state index < -0.39 is 9.84 Å². The molecule has 0 unspecified atom stereocenters. The van der Waals surface area contributed by atoms with E-state index in [1.807, 2.05) is 13.8 Å². The van der Waals surface area contributed by atoms with E-state index in [0.717, 1.165) is 19.1 Å². The van der Waals surface area contributed by atoms with Crippen LogP contribution in [0.3, 0.4) is 0 Å². The molecule has 1 rings (SSSR count). The molecule has 1 aliphatic heterocycles. The molecule has 0 amide bonds. The Morgan fingerprint density at radius 1 is 1.08 bits per heavy atom. The summed E-state index contributed by atoms with van der Waals surface area (Å²) in [6, 6.07) is 0. The quantitative estimate of drug-likeness (QED) is 0.548. The summed E-state index contributed by atoms with van der Waals surface area (Å²) in [6.45, 7) is 5.44. The highest BCUT2D eigenvalue weighted by atomic mass is 32.2. The summed E-state index contributed by atoms with van der Waals surface area (Å²) in [7, 11) is -2.55. The molecule has 1 fully saturated rings. The fraction of sp³-hybridized carbons (Fsp3) is 0.875. The van der Waals surface area contributed by atoms with Gasteiger partial charge in [-0.25, -0.2) is 8.42 Å². The molecule has 0 atom stereocenters. The highest BCUT2D eigenvalue weighted by Crippen LogP contribution is 2.08. The first-order valence-corrected chi connectivity index (χ1v) is 6.05. The third-order valence-electron chi connectivity index (χ3n) is 1.16. The van der Waals surface area contributed by atoms with Gasteiger partial charge in [0.2, 0.25) is 0 Å². The van der Waals surface area contributed by atoms with Crippen molar-refractivity contribution in [2.75, 3.05) is 11.5 Å². The summed E-state index contributed by atoms with van der Waals surface area (Å²) in [5.41, 5.74) is 0. The maximum absolute atomic E-state index is 10.4. The molecule has 74 valence electrons. The third-order valence-corrected chi connectivity index (χ3v) is 2.98. The molecule has 12 heavy (non-hydrogen) atoms. The highest BCUT2D eigenvalue weighted by molar-refractivity contribution is 7.91. The van der Waals surface area contributed by atoms with Crippen molar-refractivity contribution in [3.05, 3.63) is 0 Å². The normalized spacial score (nSPS) is 17.9. The molecule has 0 aromatic rings. The summed E-state index contributed by atoms with van der Waals surface area (Å²) < 4.78 is 20.9. The van der Waals surface area contributed by atoms with E-state index in [0.29, 0.717) is 11.5 Å². The molecule has 0 N–H and O–H groups in total. The second kappa shape index (κ2) is 8.71. The van der Waals surface area contributed by atoms with Gasteiger partial charge in [0.15, 0.2) is 0 Å². The molecule has 3 nitrogen and oxygen atoms in total. The number of carbonyl (C=O) groups excluding carboxylic acids is 1. The van der Waals surface area contributed by atoms with Gasteiger partial charge < -0.3 is 4.79 Å². The molecule has 0 radical (unpaired) electrons. The lowest BCUT2D eigenvalue weighted by molar-refractivity contribution is -0.106. The van der Waals surface area contributed by atoms with E-state index in [2.05, 4.69) is 0 Å². The third kappa shape index (κ3) is 9.62. The van der Waals surface area contributed by atoms with Crippen LogP contribution >= 0.6 is 0 Å². The molecule has 0 aromatic carbocycles. The molecule has 4 heteroatoms. The predicted octanol–water partition coefficient (Wildman–Crippen LogP) is 1.43. The van der Waals surface area contributed by atoms with Gasteiger partial charge in [-0.15, -0.1) is 0 Å². The second-order valence-corrected chi connectivity index (χ2v) is 4.40. The minimum atomic E-state index is -2.55. The first-order chi connectivity index (χ1) is 5.62. The fourth-order valence-corrected chi connectivity index (χ4v) is 2.24. The lowest BCUT2D eigenvalue weighted by atomic mass is 10.4. The van der Waals surface area contributed by atoms with Crippen molar-refractivity contribution in [2.24, 2.45) is 0 Å². The van der Waals surface area contributed by atoms with Gasteiger partial charge in [-0.2, -0.15) is 0 Å². The van der Waals surface area contributed by atoms with Gasteiger partial charge in [0.1, 0.15) is 16.1 Å². The van der Waals surface area contributed by atoms with E-state index in [4.69, 9.17) is 4.79 Å². The van der Waals surface area contributed by atoms with Gasteiger partial charge in [-0.3, -0.25) is 0 Å². The number of rotatable bonds is 0. The van der Waals surface area contributed by atoms with Crippen molar-refractivity contribution in [1.29, 1.82) is 0 Å². The van der Waals surface area contributed by atoms with Crippen LogP contribution in [0.5, 0.6) is 0 Å². The molecule has 1 heterocycles. The first-order valence-electron chi connectivity index (χ1n) is 4.22. The van der Waals surface area contributed by atoms with Crippen molar-refractivity contribution in [3.8, 4) is 0 Å². The van der Waals surface area contributed by atoms with Crippen LogP contribution in [0.1, 0.15) is 33.6 Å². The molecule has 0 aromatic heterocycles. The average molecular weight is 194 g/mol. The lowest BCUT2D eigenvalue weighted by Gasteiger charge is -1.81. The Morgan fingerprint density at radius 2 is 1.33 bits per heavy atom. The van der Waals surface area contributed by atoms with Crippen molar-refractivity contribution in [1.82, 2.24) is 0 Å². The zero-order valence-corrected chi connectivity index (χ0v) is 8.86. The average Bonchev–Trinajstić information content (AvgIpc) is 2.40. The standard InChI is InChI=1S/C4H8O2S.C2H4O.C2H6/c5-7(6)3-1-2-4-7;1-2-3;1-2/h1-4H2;2H,1H3;1-2H3. The zero-order valence-electron chi connectivity index (χ0n) is 8.04. The van der Waals surface area contributed by atoms with Gasteiger partial charge >= 0.3 is 0 Å². The van der Waals surface area contributed by atoms with Crippen LogP contribution in [-0.2, 0) is 14.6 Å². The summed E-state index contributed by atoms with van der Waals surface area (Å²) >= 11 is 0. The van der Waals surface area contributed by atoms with E-state index in [9.17, 15) is 8.42 Å². The maximum atomic E-state index is 10.4. The SMILES string of the molecule is CC.CC=O.O=S1(=O)CCCC1. The molecule has 1 aliphatic rings. The van der Waals surface area contributed by atoms with Crippen LogP contribution in [0, 0.1) is 0 Å². The smallest absolute Gasteiger partial charge is 0.150 e. The Labute approximate surface area is 75.1 Å². The van der Waals surface area contributed by atoms with Crippen LogP contribution in [0.2, 0.25) is 0 Å². The van der Waals surface area contributed by atoms with Crippen molar-refractivity contribution >= 4 is 16.1 Å². The second-order valence-electron chi connectivity index (χ2n) is 2.09. The number of carbonyl (C=O) groups is 1. The zero-order chi connectivity index (χ0) is 10.0. The number of hydrogen-bond acceptors (Lipinski definition) is 3. The molecule has 0 spiro atoms. The maximum Gasteiger partial charge on any atom is 0.150 e. The number of sulfone groups is 1. The molecule has 1 saturated heterocycles.